The van der Waals surface area contributed by atoms with Crippen LogP contribution in [-0.2, 0) is 6.54 Å². The fraction of sp³-hybridized carbons (Fsp3) is 0.316. The standard InChI is InChI=1S/C13H11ClN2S2.C6H11N/c1-8-7-18-13-10(5-11(14)16-12(8)13)15-6-9-3-2-4-17-9;7-6-4-2-1-3-5-6/h2-5,7H,6H2,1H3,(H,15,16);1-2,6H,3-5,7H2. The van der Waals surface area contributed by atoms with E-state index in [2.05, 4.69) is 52.3 Å². The molecule has 0 aromatic carbocycles. The van der Waals surface area contributed by atoms with Crippen LogP contribution in [0.15, 0.2) is 41.1 Å². The average Bonchev–Trinajstić information content (AvgIpc) is 3.25. The molecule has 25 heavy (non-hydrogen) atoms. The van der Waals surface area contributed by atoms with Gasteiger partial charge in [-0.15, -0.1) is 22.7 Å². The van der Waals surface area contributed by atoms with E-state index in [4.69, 9.17) is 17.3 Å². The number of aryl methyl sites for hydroxylation is 1. The molecule has 1 unspecified atom stereocenters. The van der Waals surface area contributed by atoms with E-state index in [-0.39, 0.29) is 0 Å². The molecule has 1 aliphatic carbocycles. The summed E-state index contributed by atoms with van der Waals surface area (Å²) in [7, 11) is 0. The lowest BCUT2D eigenvalue weighted by Crippen LogP contribution is -2.19. The number of pyridine rings is 1. The number of hydrogen-bond acceptors (Lipinski definition) is 5. The first kappa shape index (κ1) is 18.4. The second kappa shape index (κ2) is 8.81. The van der Waals surface area contributed by atoms with Gasteiger partial charge in [0, 0.05) is 23.5 Å². The Balaban J connectivity index is 0.000000219. The number of nitrogens with zero attached hydrogens (tertiary/aromatic N) is 1. The zero-order valence-corrected chi connectivity index (χ0v) is 16.6. The molecule has 0 saturated heterocycles. The van der Waals surface area contributed by atoms with Crippen LogP contribution in [0.25, 0.3) is 10.2 Å². The molecule has 3 aromatic heterocycles. The van der Waals surface area contributed by atoms with Gasteiger partial charge in [-0.25, -0.2) is 4.98 Å². The van der Waals surface area contributed by atoms with Gasteiger partial charge in [0.2, 0.25) is 0 Å². The molecule has 0 aliphatic heterocycles. The summed E-state index contributed by atoms with van der Waals surface area (Å²) < 4.78 is 1.17. The highest BCUT2D eigenvalue weighted by Crippen LogP contribution is 2.33. The highest BCUT2D eigenvalue weighted by Gasteiger charge is 2.09. The van der Waals surface area contributed by atoms with E-state index in [9.17, 15) is 0 Å². The van der Waals surface area contributed by atoms with E-state index in [1.807, 2.05) is 6.07 Å². The first-order valence-corrected chi connectivity index (χ1v) is 10.5. The Bertz CT molecular complexity index is 840. The Morgan fingerprint density at radius 2 is 2.24 bits per heavy atom. The molecule has 4 rings (SSSR count). The summed E-state index contributed by atoms with van der Waals surface area (Å²) in [6, 6.07) is 6.53. The van der Waals surface area contributed by atoms with E-state index in [1.54, 1.807) is 22.7 Å². The van der Waals surface area contributed by atoms with Crippen LogP contribution in [0.4, 0.5) is 5.69 Å². The van der Waals surface area contributed by atoms with Crippen molar-refractivity contribution < 1.29 is 0 Å². The van der Waals surface area contributed by atoms with Crippen LogP contribution >= 0.6 is 34.3 Å². The second-order valence-corrected chi connectivity index (χ2v) is 8.37. The minimum Gasteiger partial charge on any atom is -0.379 e. The van der Waals surface area contributed by atoms with Gasteiger partial charge in [-0.3, -0.25) is 0 Å². The molecule has 0 saturated carbocycles. The monoisotopic (exact) mass is 391 g/mol. The molecular weight excluding hydrogens is 370 g/mol. The van der Waals surface area contributed by atoms with Crippen molar-refractivity contribution in [3.05, 3.63) is 56.7 Å². The quantitative estimate of drug-likeness (QED) is 0.426. The minimum absolute atomic E-state index is 0.449. The van der Waals surface area contributed by atoms with Gasteiger partial charge in [0.25, 0.3) is 0 Å². The second-order valence-electron chi connectivity index (χ2n) is 6.07. The van der Waals surface area contributed by atoms with Crippen LogP contribution in [0.3, 0.4) is 0 Å². The van der Waals surface area contributed by atoms with E-state index in [0.29, 0.717) is 11.2 Å². The maximum absolute atomic E-state index is 6.07. The summed E-state index contributed by atoms with van der Waals surface area (Å²) in [5, 5.41) is 8.18. The van der Waals surface area contributed by atoms with Gasteiger partial charge in [0.15, 0.2) is 0 Å². The summed E-state index contributed by atoms with van der Waals surface area (Å²) in [4.78, 5) is 5.69. The van der Waals surface area contributed by atoms with Gasteiger partial charge in [-0.2, -0.15) is 0 Å². The maximum atomic E-state index is 6.07. The van der Waals surface area contributed by atoms with E-state index < -0.39 is 0 Å². The number of aromatic nitrogens is 1. The van der Waals surface area contributed by atoms with Gasteiger partial charge < -0.3 is 11.1 Å². The average molecular weight is 392 g/mol. The Morgan fingerprint density at radius 3 is 2.88 bits per heavy atom. The van der Waals surface area contributed by atoms with Gasteiger partial charge >= 0.3 is 0 Å². The number of thiophene rings is 2. The number of allylic oxidation sites excluding steroid dienone is 1. The molecule has 0 spiro atoms. The first-order chi connectivity index (χ1) is 12.1. The number of nitrogens with two attached hydrogens (primary N) is 1. The van der Waals surface area contributed by atoms with Crippen LogP contribution in [0, 0.1) is 6.92 Å². The Kier molecular flexibility index (Phi) is 6.48. The van der Waals surface area contributed by atoms with Crippen molar-refractivity contribution in [1.29, 1.82) is 0 Å². The molecular formula is C19H22ClN3S2. The summed E-state index contributed by atoms with van der Waals surface area (Å²) >= 11 is 9.52. The SMILES string of the molecule is Cc1csc2c(NCc3cccs3)cc(Cl)nc12.NC1CC=CCC1. The van der Waals surface area contributed by atoms with Crippen molar-refractivity contribution in [1.82, 2.24) is 4.98 Å². The number of halogens is 1. The zero-order chi connectivity index (χ0) is 17.6. The molecule has 0 bridgehead atoms. The lowest BCUT2D eigenvalue weighted by atomic mass is 10.0. The van der Waals surface area contributed by atoms with Crippen LogP contribution in [0.2, 0.25) is 5.15 Å². The third-order valence-corrected chi connectivity index (χ3v) is 6.20. The van der Waals surface area contributed by atoms with Gasteiger partial charge in [-0.1, -0.05) is 29.8 Å². The molecule has 3 nitrogen and oxygen atoms in total. The fourth-order valence-corrected chi connectivity index (χ4v) is 4.46. The molecule has 3 N–H and O–H groups in total. The van der Waals surface area contributed by atoms with Crippen LogP contribution in [-0.4, -0.2) is 11.0 Å². The third kappa shape index (κ3) is 5.05. The van der Waals surface area contributed by atoms with Crippen LogP contribution in [0.1, 0.15) is 29.7 Å². The van der Waals surface area contributed by atoms with Gasteiger partial charge in [-0.05, 0) is 48.6 Å². The molecule has 1 atom stereocenters. The zero-order valence-electron chi connectivity index (χ0n) is 14.2. The molecule has 0 amide bonds. The predicted molar refractivity (Wildman–Crippen MR) is 112 cm³/mol. The molecule has 1 aliphatic rings. The number of hydrogen-bond donors (Lipinski definition) is 2. The Labute approximate surface area is 161 Å². The summed E-state index contributed by atoms with van der Waals surface area (Å²) in [6.07, 6.45) is 7.80. The Hall–Kier alpha value is -1.40. The fourth-order valence-electron chi connectivity index (χ4n) is 2.64. The molecule has 3 aromatic rings. The smallest absolute Gasteiger partial charge is 0.131 e. The lowest BCUT2D eigenvalue weighted by Gasteiger charge is -2.09. The highest BCUT2D eigenvalue weighted by molar-refractivity contribution is 7.18. The first-order valence-electron chi connectivity index (χ1n) is 8.34. The maximum Gasteiger partial charge on any atom is 0.131 e. The van der Waals surface area contributed by atoms with E-state index >= 15 is 0 Å². The molecule has 0 radical (unpaired) electrons. The molecule has 3 heterocycles. The number of rotatable bonds is 3. The molecule has 6 heteroatoms. The largest absolute Gasteiger partial charge is 0.379 e. The van der Waals surface area contributed by atoms with Crippen LogP contribution in [0.5, 0.6) is 0 Å². The van der Waals surface area contributed by atoms with E-state index in [0.717, 1.165) is 24.2 Å². The highest BCUT2D eigenvalue weighted by atomic mass is 35.5. The summed E-state index contributed by atoms with van der Waals surface area (Å²) in [6.45, 7) is 2.88. The van der Waals surface area contributed by atoms with E-state index in [1.165, 1.54) is 28.0 Å². The summed E-state index contributed by atoms with van der Waals surface area (Å²) in [5.41, 5.74) is 8.83. The number of fused-ring (bicyclic) bond motifs is 1. The summed E-state index contributed by atoms with van der Waals surface area (Å²) in [5.74, 6) is 0. The number of nitrogens with one attached hydrogen (secondary N) is 1. The van der Waals surface area contributed by atoms with Crippen molar-refractivity contribution in [2.24, 2.45) is 5.73 Å². The van der Waals surface area contributed by atoms with Crippen molar-refractivity contribution in [2.75, 3.05) is 5.32 Å². The normalized spacial score (nSPS) is 16.5. The Morgan fingerprint density at radius 1 is 1.36 bits per heavy atom. The lowest BCUT2D eigenvalue weighted by molar-refractivity contribution is 0.606. The molecule has 132 valence electrons. The molecule has 0 fully saturated rings. The van der Waals surface area contributed by atoms with Gasteiger partial charge in [0.1, 0.15) is 5.15 Å². The topological polar surface area (TPSA) is 50.9 Å². The third-order valence-electron chi connectivity index (χ3n) is 4.01. The van der Waals surface area contributed by atoms with Crippen molar-refractivity contribution >= 4 is 50.2 Å². The van der Waals surface area contributed by atoms with Crippen molar-refractivity contribution in [3.8, 4) is 0 Å². The predicted octanol–water partition coefficient (Wildman–Crippen LogP) is 5.99. The van der Waals surface area contributed by atoms with Crippen molar-refractivity contribution in [2.45, 2.75) is 38.8 Å². The van der Waals surface area contributed by atoms with Crippen LogP contribution < -0.4 is 11.1 Å². The minimum atomic E-state index is 0.449. The number of anilines is 1. The van der Waals surface area contributed by atoms with Crippen molar-refractivity contribution in [3.63, 3.8) is 0 Å². The van der Waals surface area contributed by atoms with Gasteiger partial charge in [0.05, 0.1) is 15.9 Å².